The van der Waals surface area contributed by atoms with E-state index < -0.39 is 0 Å². The van der Waals surface area contributed by atoms with Crippen LogP contribution in [0.1, 0.15) is 41.1 Å². The molecular weight excluding hydrogens is 330 g/mol. The standard InChI is InChI=1S/C20H23N3O3/c1-13-11-17(13)18-8-7-16(26-18)12-22(2)19(24)14-3-5-15(6-4-14)23-10-9-21-20(23)25/h3-8,13,17H,9-12H2,1-2H3,(H,21,25). The number of hydrogen-bond donors (Lipinski definition) is 1. The van der Waals surface area contributed by atoms with Gasteiger partial charge in [0.1, 0.15) is 11.5 Å². The van der Waals surface area contributed by atoms with Crippen LogP contribution in [0.5, 0.6) is 0 Å². The molecule has 3 amide bonds. The van der Waals surface area contributed by atoms with Crippen molar-refractivity contribution >= 4 is 17.6 Å². The maximum atomic E-state index is 12.6. The average molecular weight is 353 g/mol. The predicted octanol–water partition coefficient (Wildman–Crippen LogP) is 3.20. The Morgan fingerprint density at radius 2 is 2.00 bits per heavy atom. The molecule has 2 heterocycles. The highest BCUT2D eigenvalue weighted by Crippen LogP contribution is 2.47. The van der Waals surface area contributed by atoms with Gasteiger partial charge in [-0.1, -0.05) is 6.92 Å². The first-order chi connectivity index (χ1) is 12.5. The minimum atomic E-state index is -0.0974. The summed E-state index contributed by atoms with van der Waals surface area (Å²) < 4.78 is 5.89. The summed E-state index contributed by atoms with van der Waals surface area (Å²) >= 11 is 0. The summed E-state index contributed by atoms with van der Waals surface area (Å²) in [5.74, 6) is 3.01. The molecule has 2 atom stereocenters. The zero-order valence-corrected chi connectivity index (χ0v) is 15.1. The number of carbonyl (C=O) groups is 2. The number of nitrogens with one attached hydrogen (secondary N) is 1. The quantitative estimate of drug-likeness (QED) is 0.898. The number of hydrogen-bond acceptors (Lipinski definition) is 3. The van der Waals surface area contributed by atoms with Crippen LogP contribution in [-0.4, -0.2) is 37.0 Å². The van der Waals surface area contributed by atoms with Gasteiger partial charge in [0.15, 0.2) is 0 Å². The molecule has 1 N–H and O–H groups in total. The fourth-order valence-electron chi connectivity index (χ4n) is 3.43. The molecule has 2 aromatic rings. The van der Waals surface area contributed by atoms with E-state index >= 15 is 0 Å². The van der Waals surface area contributed by atoms with Crippen molar-refractivity contribution in [3.63, 3.8) is 0 Å². The second-order valence-corrected chi connectivity index (χ2v) is 7.22. The van der Waals surface area contributed by atoms with Crippen molar-refractivity contribution in [3.8, 4) is 0 Å². The Morgan fingerprint density at radius 1 is 1.27 bits per heavy atom. The van der Waals surface area contributed by atoms with Crippen LogP contribution in [0.3, 0.4) is 0 Å². The van der Waals surface area contributed by atoms with Gasteiger partial charge in [0.05, 0.1) is 6.54 Å². The molecule has 26 heavy (non-hydrogen) atoms. The minimum Gasteiger partial charge on any atom is -0.464 e. The molecule has 1 aliphatic heterocycles. The van der Waals surface area contributed by atoms with Crippen LogP contribution in [0.4, 0.5) is 10.5 Å². The molecule has 4 rings (SSSR count). The fraction of sp³-hybridized carbons (Fsp3) is 0.400. The Labute approximate surface area is 152 Å². The first kappa shape index (κ1) is 16.7. The van der Waals surface area contributed by atoms with E-state index in [9.17, 15) is 9.59 Å². The van der Waals surface area contributed by atoms with E-state index in [-0.39, 0.29) is 11.9 Å². The molecule has 6 nitrogen and oxygen atoms in total. The molecule has 1 saturated heterocycles. The Hall–Kier alpha value is -2.76. The summed E-state index contributed by atoms with van der Waals surface area (Å²) in [5.41, 5.74) is 1.40. The monoisotopic (exact) mass is 353 g/mol. The molecule has 2 aliphatic rings. The maximum Gasteiger partial charge on any atom is 0.321 e. The second kappa shape index (κ2) is 6.52. The molecule has 2 fully saturated rings. The average Bonchev–Trinajstić information content (AvgIpc) is 3.01. The van der Waals surface area contributed by atoms with Crippen molar-refractivity contribution in [1.29, 1.82) is 0 Å². The van der Waals surface area contributed by atoms with Crippen LogP contribution in [0.15, 0.2) is 40.8 Å². The van der Waals surface area contributed by atoms with Crippen LogP contribution < -0.4 is 10.2 Å². The summed E-state index contributed by atoms with van der Waals surface area (Å²) in [5, 5.41) is 2.77. The zero-order chi connectivity index (χ0) is 18.3. The molecule has 136 valence electrons. The number of carbonyl (C=O) groups excluding carboxylic acids is 2. The van der Waals surface area contributed by atoms with E-state index in [0.717, 1.165) is 17.2 Å². The van der Waals surface area contributed by atoms with Gasteiger partial charge in [-0.15, -0.1) is 0 Å². The number of anilines is 1. The van der Waals surface area contributed by atoms with Gasteiger partial charge in [-0.25, -0.2) is 4.79 Å². The van der Waals surface area contributed by atoms with E-state index in [1.807, 2.05) is 24.3 Å². The SMILES string of the molecule is CC1CC1c1ccc(CN(C)C(=O)c2ccc(N3CCNC3=O)cc2)o1. The van der Waals surface area contributed by atoms with Gasteiger partial charge < -0.3 is 14.6 Å². The molecular formula is C20H23N3O3. The van der Waals surface area contributed by atoms with E-state index in [2.05, 4.69) is 12.2 Å². The van der Waals surface area contributed by atoms with E-state index in [1.54, 1.807) is 29.0 Å². The number of furan rings is 1. The smallest absolute Gasteiger partial charge is 0.321 e. The zero-order valence-electron chi connectivity index (χ0n) is 15.1. The second-order valence-electron chi connectivity index (χ2n) is 7.22. The number of rotatable bonds is 5. The molecule has 0 spiro atoms. The molecule has 1 aromatic carbocycles. The van der Waals surface area contributed by atoms with E-state index in [4.69, 9.17) is 4.42 Å². The normalized spacial score (nSPS) is 21.6. The molecule has 1 saturated carbocycles. The summed E-state index contributed by atoms with van der Waals surface area (Å²) in [6.07, 6.45) is 1.18. The van der Waals surface area contributed by atoms with Crippen LogP contribution in [0, 0.1) is 5.92 Å². The maximum absolute atomic E-state index is 12.6. The van der Waals surface area contributed by atoms with Crippen LogP contribution in [0.25, 0.3) is 0 Å². The predicted molar refractivity (Wildman–Crippen MR) is 98.2 cm³/mol. The Bertz CT molecular complexity index is 827. The van der Waals surface area contributed by atoms with Crippen molar-refractivity contribution in [2.45, 2.75) is 25.8 Å². The largest absolute Gasteiger partial charge is 0.464 e. The van der Waals surface area contributed by atoms with Crippen molar-refractivity contribution in [2.24, 2.45) is 5.92 Å². The molecule has 6 heteroatoms. The number of urea groups is 1. The van der Waals surface area contributed by atoms with Crippen LogP contribution >= 0.6 is 0 Å². The number of amides is 3. The van der Waals surface area contributed by atoms with Gasteiger partial charge in [0.25, 0.3) is 5.91 Å². The number of nitrogens with zero attached hydrogens (tertiary/aromatic N) is 2. The van der Waals surface area contributed by atoms with Crippen molar-refractivity contribution < 1.29 is 14.0 Å². The van der Waals surface area contributed by atoms with E-state index in [0.29, 0.717) is 37.0 Å². The topological polar surface area (TPSA) is 65.8 Å². The lowest BCUT2D eigenvalue weighted by atomic mass is 10.1. The van der Waals surface area contributed by atoms with Gasteiger partial charge in [-0.3, -0.25) is 9.69 Å². The molecule has 1 aromatic heterocycles. The Morgan fingerprint density at radius 3 is 2.62 bits per heavy atom. The van der Waals surface area contributed by atoms with Crippen molar-refractivity contribution in [3.05, 3.63) is 53.5 Å². The lowest BCUT2D eigenvalue weighted by molar-refractivity contribution is 0.0775. The highest BCUT2D eigenvalue weighted by molar-refractivity contribution is 5.96. The third kappa shape index (κ3) is 3.19. The Kier molecular flexibility index (Phi) is 4.18. The molecule has 1 aliphatic carbocycles. The van der Waals surface area contributed by atoms with Gasteiger partial charge in [0, 0.05) is 37.3 Å². The minimum absolute atomic E-state index is 0.0693. The molecule has 0 bridgehead atoms. The van der Waals surface area contributed by atoms with Crippen molar-refractivity contribution in [1.82, 2.24) is 10.2 Å². The number of benzene rings is 1. The lowest BCUT2D eigenvalue weighted by Crippen LogP contribution is -2.28. The highest BCUT2D eigenvalue weighted by atomic mass is 16.3. The third-order valence-corrected chi connectivity index (χ3v) is 5.18. The van der Waals surface area contributed by atoms with Gasteiger partial charge >= 0.3 is 6.03 Å². The fourth-order valence-corrected chi connectivity index (χ4v) is 3.43. The molecule has 0 radical (unpaired) electrons. The molecule has 2 unspecified atom stereocenters. The third-order valence-electron chi connectivity index (χ3n) is 5.18. The van der Waals surface area contributed by atoms with Crippen molar-refractivity contribution in [2.75, 3.05) is 25.0 Å². The van der Waals surface area contributed by atoms with Crippen LogP contribution in [-0.2, 0) is 6.54 Å². The van der Waals surface area contributed by atoms with Gasteiger partial charge in [-0.2, -0.15) is 0 Å². The van der Waals surface area contributed by atoms with Gasteiger partial charge in [0.2, 0.25) is 0 Å². The highest BCUT2D eigenvalue weighted by Gasteiger charge is 2.36. The Balaban J connectivity index is 1.40. The first-order valence-corrected chi connectivity index (χ1v) is 9.02. The lowest BCUT2D eigenvalue weighted by Gasteiger charge is -2.17. The summed E-state index contributed by atoms with van der Waals surface area (Å²) in [4.78, 5) is 27.7. The van der Waals surface area contributed by atoms with Gasteiger partial charge in [-0.05, 0) is 48.7 Å². The summed E-state index contributed by atoms with van der Waals surface area (Å²) in [6, 6.07) is 11.0. The van der Waals surface area contributed by atoms with E-state index in [1.165, 1.54) is 6.42 Å². The summed E-state index contributed by atoms with van der Waals surface area (Å²) in [6.45, 7) is 3.95. The summed E-state index contributed by atoms with van der Waals surface area (Å²) in [7, 11) is 1.77. The first-order valence-electron chi connectivity index (χ1n) is 9.02. The van der Waals surface area contributed by atoms with Crippen LogP contribution in [0.2, 0.25) is 0 Å².